The minimum atomic E-state index is -0.239. The monoisotopic (exact) mass is 648 g/mol. The Labute approximate surface area is 251 Å². The third kappa shape index (κ3) is 6.48. The number of fused-ring (bicyclic) bond motifs is 2. The van der Waals surface area contributed by atoms with E-state index < -0.39 is 0 Å². The van der Waals surface area contributed by atoms with E-state index in [4.69, 9.17) is 18.8 Å². The summed E-state index contributed by atoms with van der Waals surface area (Å²) in [7, 11) is -0.182. The molecule has 0 radical (unpaired) electrons. The number of amides is 2. The van der Waals surface area contributed by atoms with Crippen LogP contribution >= 0.6 is 38.6 Å². The average molecular weight is 649 g/mol. The molecule has 1 saturated heterocycles. The molecule has 0 bridgehead atoms. The van der Waals surface area contributed by atoms with Gasteiger partial charge in [-0.2, -0.15) is 0 Å². The van der Waals surface area contributed by atoms with E-state index >= 15 is 0 Å². The number of thiophene rings is 2. The van der Waals surface area contributed by atoms with Gasteiger partial charge in [-0.05, 0) is 90.8 Å². The fourth-order valence-corrected chi connectivity index (χ4v) is 7.39. The van der Waals surface area contributed by atoms with Crippen LogP contribution in [0.5, 0.6) is 0 Å². The van der Waals surface area contributed by atoms with Crippen molar-refractivity contribution in [3.05, 3.63) is 59.3 Å². The molecule has 7 rings (SSSR count). The quantitative estimate of drug-likeness (QED) is 0.417. The van der Waals surface area contributed by atoms with Gasteiger partial charge in [-0.1, -0.05) is 12.2 Å². The van der Waals surface area contributed by atoms with Gasteiger partial charge in [-0.25, -0.2) is 0 Å². The topological polar surface area (TPSA) is 95.1 Å². The van der Waals surface area contributed by atoms with Crippen LogP contribution < -0.4 is 10.6 Å². The van der Waals surface area contributed by atoms with Crippen LogP contribution in [0.25, 0.3) is 5.57 Å². The van der Waals surface area contributed by atoms with Crippen LogP contribution in [0.3, 0.4) is 0 Å². The van der Waals surface area contributed by atoms with Crippen LogP contribution in [-0.2, 0) is 31.9 Å². The van der Waals surface area contributed by atoms with Crippen molar-refractivity contribution in [2.24, 2.45) is 0 Å². The van der Waals surface area contributed by atoms with Gasteiger partial charge in [0.2, 0.25) is 0 Å². The van der Waals surface area contributed by atoms with Crippen molar-refractivity contribution in [3.63, 3.8) is 0 Å². The van der Waals surface area contributed by atoms with Crippen molar-refractivity contribution < 1.29 is 28.4 Å². The molecule has 0 aliphatic carbocycles. The Morgan fingerprint density at radius 2 is 1.40 bits per heavy atom. The summed E-state index contributed by atoms with van der Waals surface area (Å²) in [5, 5.41) is 5.57. The first-order valence-corrected chi connectivity index (χ1v) is 15.8. The number of halogens is 1. The highest BCUT2D eigenvalue weighted by molar-refractivity contribution is 9.11. The van der Waals surface area contributed by atoms with Crippen molar-refractivity contribution in [2.75, 3.05) is 26.4 Å². The van der Waals surface area contributed by atoms with Gasteiger partial charge in [-0.15, -0.1) is 22.7 Å². The maximum absolute atomic E-state index is 11.4. The van der Waals surface area contributed by atoms with Crippen molar-refractivity contribution >= 4 is 63.1 Å². The SMILES string of the molecule is CC1(C)OB(C2=CCOCC2)OC1(C)C.O=C1NCc2cc(Br)sc21.O=C1NCc2cc(C3=CCOCC3)sc21. The standard InChI is InChI=1S/C11H19BO3.C11H11NO2S.C6H4BrNOS/c1-10(2)11(3,4)15-12(14-10)9-5-7-13-8-6-9;13-11-10-8(6-12-11)5-9(15-10)7-1-3-14-4-2-7;7-4-1-3-2-8-6(9)5(3)10-4/h5H,6-8H2,1-4H3;1,5H,2-4,6H2,(H,12,13);1H,2H2,(H,8,9). The molecule has 5 aliphatic heterocycles. The summed E-state index contributed by atoms with van der Waals surface area (Å²) in [4.78, 5) is 25.3. The Bertz CT molecular complexity index is 1330. The predicted molar refractivity (Wildman–Crippen MR) is 162 cm³/mol. The first-order valence-electron chi connectivity index (χ1n) is 13.4. The third-order valence-electron chi connectivity index (χ3n) is 7.71. The number of hydrogen-bond donors (Lipinski definition) is 2. The third-order valence-corrected chi connectivity index (χ3v) is 10.6. The first kappa shape index (κ1) is 29.7. The molecular weight excluding hydrogens is 615 g/mol. The van der Waals surface area contributed by atoms with Gasteiger partial charge in [0.25, 0.3) is 11.8 Å². The zero-order valence-electron chi connectivity index (χ0n) is 23.2. The summed E-state index contributed by atoms with van der Waals surface area (Å²) in [6.07, 6.45) is 6.06. The van der Waals surface area contributed by atoms with Gasteiger partial charge >= 0.3 is 7.12 Å². The number of hydrogen-bond acceptors (Lipinski definition) is 8. The molecule has 2 amide bonds. The highest BCUT2D eigenvalue weighted by atomic mass is 79.9. The van der Waals surface area contributed by atoms with E-state index in [1.54, 1.807) is 11.3 Å². The van der Waals surface area contributed by atoms with Crippen LogP contribution in [0.15, 0.2) is 33.5 Å². The summed E-state index contributed by atoms with van der Waals surface area (Å²) < 4.78 is 23.5. The molecule has 1 fully saturated rings. The number of carbonyl (C=O) groups excluding carboxylic acids is 2. The summed E-state index contributed by atoms with van der Waals surface area (Å²) >= 11 is 6.41. The minimum Gasteiger partial charge on any atom is -0.400 e. The maximum Gasteiger partial charge on any atom is 0.490 e. The van der Waals surface area contributed by atoms with Gasteiger partial charge < -0.3 is 29.4 Å². The fraction of sp³-hybridized carbons (Fsp3) is 0.500. The van der Waals surface area contributed by atoms with Crippen molar-refractivity contribution in [3.8, 4) is 0 Å². The highest BCUT2D eigenvalue weighted by Gasteiger charge is 2.52. The van der Waals surface area contributed by atoms with E-state index in [9.17, 15) is 9.59 Å². The second-order valence-electron chi connectivity index (χ2n) is 11.0. The van der Waals surface area contributed by atoms with Gasteiger partial charge in [-0.3, -0.25) is 9.59 Å². The fourth-order valence-electron chi connectivity index (χ4n) is 4.64. The minimum absolute atomic E-state index is 0.0608. The van der Waals surface area contributed by atoms with E-state index in [-0.39, 0.29) is 30.1 Å². The largest absolute Gasteiger partial charge is 0.490 e. The predicted octanol–water partition coefficient (Wildman–Crippen LogP) is 5.51. The highest BCUT2D eigenvalue weighted by Crippen LogP contribution is 2.39. The van der Waals surface area contributed by atoms with Crippen LogP contribution in [0.1, 0.15) is 75.9 Å². The molecule has 7 heterocycles. The summed E-state index contributed by atoms with van der Waals surface area (Å²) in [6.45, 7) is 12.6. The van der Waals surface area contributed by atoms with Crippen LogP contribution in [-0.4, -0.2) is 56.6 Å². The summed E-state index contributed by atoms with van der Waals surface area (Å²) in [5.74, 6) is 0.139. The molecule has 5 aliphatic rings. The van der Waals surface area contributed by atoms with Crippen LogP contribution in [0.2, 0.25) is 0 Å². The lowest BCUT2D eigenvalue weighted by Gasteiger charge is -2.32. The second kappa shape index (κ2) is 12.2. The molecule has 0 atom stereocenters. The summed E-state index contributed by atoms with van der Waals surface area (Å²) in [6, 6.07) is 4.12. The lowest BCUT2D eigenvalue weighted by atomic mass is 9.75. The first-order chi connectivity index (χ1) is 19.0. The van der Waals surface area contributed by atoms with E-state index in [2.05, 4.69) is 72.5 Å². The molecule has 2 N–H and O–H groups in total. The lowest BCUT2D eigenvalue weighted by Crippen LogP contribution is -2.41. The number of carbonyl (C=O) groups is 2. The molecular formula is C28H34BBrN2O6S2. The number of rotatable bonds is 2. The molecule has 8 nitrogen and oxygen atoms in total. The van der Waals surface area contributed by atoms with E-state index in [1.165, 1.54) is 27.3 Å². The van der Waals surface area contributed by atoms with Crippen molar-refractivity contribution in [1.29, 1.82) is 0 Å². The van der Waals surface area contributed by atoms with Gasteiger partial charge in [0, 0.05) is 18.0 Å². The lowest BCUT2D eigenvalue weighted by molar-refractivity contribution is 0.00578. The zero-order chi connectivity index (χ0) is 28.5. The Morgan fingerprint density at radius 1 is 0.825 bits per heavy atom. The molecule has 2 aromatic rings. The van der Waals surface area contributed by atoms with Crippen molar-refractivity contribution in [2.45, 2.75) is 64.8 Å². The molecule has 2 aromatic heterocycles. The molecule has 0 spiro atoms. The van der Waals surface area contributed by atoms with Crippen LogP contribution in [0.4, 0.5) is 0 Å². The smallest absolute Gasteiger partial charge is 0.400 e. The van der Waals surface area contributed by atoms with Gasteiger partial charge in [0.1, 0.15) is 0 Å². The Hall–Kier alpha value is -1.80. The van der Waals surface area contributed by atoms with Gasteiger partial charge in [0.05, 0.1) is 51.2 Å². The Kier molecular flexibility index (Phi) is 9.06. The van der Waals surface area contributed by atoms with Crippen LogP contribution in [0, 0.1) is 0 Å². The molecule has 214 valence electrons. The molecule has 0 saturated carbocycles. The second-order valence-corrected chi connectivity index (χ2v) is 14.5. The number of nitrogens with one attached hydrogen (secondary N) is 2. The molecule has 40 heavy (non-hydrogen) atoms. The Balaban J connectivity index is 0.000000124. The van der Waals surface area contributed by atoms with E-state index in [0.717, 1.165) is 50.7 Å². The van der Waals surface area contributed by atoms with E-state index in [1.807, 2.05) is 6.07 Å². The number of ether oxygens (including phenoxy) is 2. The normalized spacial score (nSPS) is 22.1. The maximum atomic E-state index is 11.4. The average Bonchev–Trinajstić information content (AvgIpc) is 3.72. The molecule has 12 heteroatoms. The summed E-state index contributed by atoms with van der Waals surface area (Å²) in [5.41, 5.74) is 4.33. The molecule has 0 unspecified atom stereocenters. The van der Waals surface area contributed by atoms with E-state index in [0.29, 0.717) is 26.3 Å². The van der Waals surface area contributed by atoms with Gasteiger partial charge in [0.15, 0.2) is 0 Å². The van der Waals surface area contributed by atoms with Crippen molar-refractivity contribution in [1.82, 2.24) is 10.6 Å². The Morgan fingerprint density at radius 3 is 1.93 bits per heavy atom. The zero-order valence-corrected chi connectivity index (χ0v) is 26.4. The molecule has 0 aromatic carbocycles.